The van der Waals surface area contributed by atoms with E-state index in [4.69, 9.17) is 25.6 Å². The molecule has 1 N–H and O–H groups in total. The van der Waals surface area contributed by atoms with Crippen LogP contribution in [0.15, 0.2) is 83.4 Å². The standard InChI is InChI=1S/C29H27ClN2O5/c1-3-35-29(34)28-25(19(2)37-32-28)18-36-24-15-9-20(10-16-24)17-26(33)31-27(21-7-5-4-6-8-21)22-11-13-23(30)14-12-22/h4-16,27H,3,17-18H2,1-2H3,(H,31,33). The number of ether oxygens (including phenoxy) is 2. The van der Waals surface area contributed by atoms with Crippen molar-refractivity contribution in [3.05, 3.63) is 118 Å². The number of carbonyl (C=O) groups is 2. The predicted molar refractivity (Wildman–Crippen MR) is 140 cm³/mol. The zero-order valence-corrected chi connectivity index (χ0v) is 21.3. The Labute approximate surface area is 220 Å². The molecule has 37 heavy (non-hydrogen) atoms. The van der Waals surface area contributed by atoms with E-state index >= 15 is 0 Å². The number of amides is 1. The minimum atomic E-state index is -0.549. The SMILES string of the molecule is CCOC(=O)c1noc(C)c1COc1ccc(CC(=O)NC(c2ccccc2)c2ccc(Cl)cc2)cc1. The summed E-state index contributed by atoms with van der Waals surface area (Å²) in [5.74, 6) is 0.413. The third-order valence-electron chi connectivity index (χ3n) is 5.77. The van der Waals surface area contributed by atoms with Gasteiger partial charge in [0.15, 0.2) is 5.69 Å². The Morgan fingerprint density at radius 3 is 2.32 bits per heavy atom. The van der Waals surface area contributed by atoms with E-state index in [0.29, 0.717) is 22.1 Å². The van der Waals surface area contributed by atoms with E-state index in [1.165, 1.54) is 0 Å². The quantitative estimate of drug-likeness (QED) is 0.265. The summed E-state index contributed by atoms with van der Waals surface area (Å²) in [6.07, 6.45) is 0.203. The topological polar surface area (TPSA) is 90.7 Å². The Morgan fingerprint density at radius 2 is 1.65 bits per heavy atom. The zero-order chi connectivity index (χ0) is 26.2. The third-order valence-corrected chi connectivity index (χ3v) is 6.02. The molecule has 3 aromatic carbocycles. The minimum absolute atomic E-state index is 0.100. The number of hydrogen-bond donors (Lipinski definition) is 1. The molecule has 1 unspecified atom stereocenters. The zero-order valence-electron chi connectivity index (χ0n) is 20.6. The third kappa shape index (κ3) is 6.77. The van der Waals surface area contributed by atoms with Crippen molar-refractivity contribution in [2.45, 2.75) is 32.9 Å². The fourth-order valence-electron chi connectivity index (χ4n) is 3.84. The molecular formula is C29H27ClN2O5. The van der Waals surface area contributed by atoms with Crippen LogP contribution in [0, 0.1) is 6.92 Å². The van der Waals surface area contributed by atoms with Gasteiger partial charge in [0.25, 0.3) is 0 Å². The lowest BCUT2D eigenvalue weighted by Gasteiger charge is -2.20. The molecule has 4 rings (SSSR count). The van der Waals surface area contributed by atoms with Crippen molar-refractivity contribution >= 4 is 23.5 Å². The highest BCUT2D eigenvalue weighted by Gasteiger charge is 2.21. The largest absolute Gasteiger partial charge is 0.489 e. The van der Waals surface area contributed by atoms with E-state index in [2.05, 4.69) is 10.5 Å². The maximum atomic E-state index is 13.0. The van der Waals surface area contributed by atoms with Crippen molar-refractivity contribution in [1.82, 2.24) is 10.5 Å². The molecule has 8 heteroatoms. The van der Waals surface area contributed by atoms with Crippen molar-refractivity contribution in [2.24, 2.45) is 0 Å². The molecule has 190 valence electrons. The van der Waals surface area contributed by atoms with Crippen LogP contribution in [0.4, 0.5) is 0 Å². The maximum Gasteiger partial charge on any atom is 0.360 e. The summed E-state index contributed by atoms with van der Waals surface area (Å²) in [6.45, 7) is 3.78. The number of benzene rings is 3. The van der Waals surface area contributed by atoms with E-state index in [9.17, 15) is 9.59 Å². The van der Waals surface area contributed by atoms with E-state index in [1.54, 1.807) is 26.0 Å². The fourth-order valence-corrected chi connectivity index (χ4v) is 3.96. The van der Waals surface area contributed by atoms with Crippen molar-refractivity contribution in [2.75, 3.05) is 6.61 Å². The molecule has 0 bridgehead atoms. The second-order valence-corrected chi connectivity index (χ2v) is 8.79. The number of aryl methyl sites for hydroxylation is 1. The molecule has 7 nitrogen and oxygen atoms in total. The summed E-state index contributed by atoms with van der Waals surface area (Å²) in [5, 5.41) is 7.56. The van der Waals surface area contributed by atoms with Crippen LogP contribution in [-0.4, -0.2) is 23.6 Å². The number of hydrogen-bond acceptors (Lipinski definition) is 6. The Morgan fingerprint density at radius 1 is 0.973 bits per heavy atom. The van der Waals surface area contributed by atoms with Gasteiger partial charge < -0.3 is 19.3 Å². The number of carbonyl (C=O) groups excluding carboxylic acids is 2. The van der Waals surface area contributed by atoms with Crippen LogP contribution in [-0.2, 0) is 22.6 Å². The van der Waals surface area contributed by atoms with Gasteiger partial charge in [-0.3, -0.25) is 4.79 Å². The first-order valence-electron chi connectivity index (χ1n) is 11.9. The maximum absolute atomic E-state index is 13.0. The number of rotatable bonds is 10. The summed E-state index contributed by atoms with van der Waals surface area (Å²) in [7, 11) is 0. The second kappa shape index (κ2) is 12.2. The highest BCUT2D eigenvalue weighted by Crippen LogP contribution is 2.24. The van der Waals surface area contributed by atoms with Gasteiger partial charge in [0.1, 0.15) is 18.1 Å². The summed E-state index contributed by atoms with van der Waals surface area (Å²) < 4.78 is 16.0. The molecule has 0 spiro atoms. The molecule has 1 heterocycles. The first-order chi connectivity index (χ1) is 17.9. The van der Waals surface area contributed by atoms with E-state index in [-0.39, 0.29) is 37.3 Å². The Balaban J connectivity index is 1.39. The molecule has 0 saturated heterocycles. The Hall–Kier alpha value is -4.10. The molecule has 0 radical (unpaired) electrons. The molecule has 4 aromatic rings. The lowest BCUT2D eigenvalue weighted by atomic mass is 9.98. The summed E-state index contributed by atoms with van der Waals surface area (Å²) in [4.78, 5) is 25.0. The normalized spacial score (nSPS) is 11.5. The van der Waals surface area contributed by atoms with Gasteiger partial charge in [0, 0.05) is 5.02 Å². The van der Waals surface area contributed by atoms with Crippen LogP contribution in [0.2, 0.25) is 5.02 Å². The van der Waals surface area contributed by atoms with E-state index < -0.39 is 5.97 Å². The van der Waals surface area contributed by atoms with Crippen molar-refractivity contribution < 1.29 is 23.6 Å². The molecule has 0 fully saturated rings. The van der Waals surface area contributed by atoms with Gasteiger partial charge in [0.2, 0.25) is 5.91 Å². The number of nitrogens with one attached hydrogen (secondary N) is 1. The van der Waals surface area contributed by atoms with Gasteiger partial charge in [-0.1, -0.05) is 71.4 Å². The highest BCUT2D eigenvalue weighted by atomic mass is 35.5. The van der Waals surface area contributed by atoms with Crippen LogP contribution in [0.5, 0.6) is 5.75 Å². The molecule has 1 amide bonds. The van der Waals surface area contributed by atoms with Gasteiger partial charge in [-0.05, 0) is 54.8 Å². The van der Waals surface area contributed by atoms with Crippen molar-refractivity contribution in [1.29, 1.82) is 0 Å². The summed E-state index contributed by atoms with van der Waals surface area (Å²) >= 11 is 6.06. The highest BCUT2D eigenvalue weighted by molar-refractivity contribution is 6.30. The summed E-state index contributed by atoms with van der Waals surface area (Å²) in [5.41, 5.74) is 3.41. The molecule has 1 aromatic heterocycles. The van der Waals surface area contributed by atoms with Gasteiger partial charge in [0.05, 0.1) is 24.6 Å². The second-order valence-electron chi connectivity index (χ2n) is 8.36. The monoisotopic (exact) mass is 518 g/mol. The van der Waals surface area contributed by atoms with E-state index in [0.717, 1.165) is 16.7 Å². The lowest BCUT2D eigenvalue weighted by molar-refractivity contribution is -0.120. The van der Waals surface area contributed by atoms with Crippen LogP contribution >= 0.6 is 11.6 Å². The van der Waals surface area contributed by atoms with Crippen LogP contribution in [0.1, 0.15) is 51.5 Å². The number of esters is 1. The van der Waals surface area contributed by atoms with Gasteiger partial charge in [-0.2, -0.15) is 0 Å². The Kier molecular flexibility index (Phi) is 8.59. The fraction of sp³-hybridized carbons (Fsp3) is 0.207. The van der Waals surface area contributed by atoms with E-state index in [1.807, 2.05) is 66.7 Å². The van der Waals surface area contributed by atoms with Crippen molar-refractivity contribution in [3.63, 3.8) is 0 Å². The van der Waals surface area contributed by atoms with Gasteiger partial charge >= 0.3 is 5.97 Å². The first kappa shape index (κ1) is 26.0. The van der Waals surface area contributed by atoms with Crippen LogP contribution in [0.3, 0.4) is 0 Å². The molecule has 0 saturated carbocycles. The average Bonchev–Trinajstić information content (AvgIpc) is 3.28. The number of halogens is 1. The smallest absolute Gasteiger partial charge is 0.360 e. The molecule has 1 atom stereocenters. The predicted octanol–water partition coefficient (Wildman–Crippen LogP) is 5.84. The molecule has 0 aliphatic carbocycles. The van der Waals surface area contributed by atoms with Gasteiger partial charge in [-0.15, -0.1) is 0 Å². The van der Waals surface area contributed by atoms with Crippen molar-refractivity contribution in [3.8, 4) is 5.75 Å². The Bertz CT molecular complexity index is 1340. The van der Waals surface area contributed by atoms with Crippen LogP contribution < -0.4 is 10.1 Å². The molecular weight excluding hydrogens is 492 g/mol. The molecule has 0 aliphatic rings. The summed E-state index contributed by atoms with van der Waals surface area (Å²) in [6, 6.07) is 24.2. The van der Waals surface area contributed by atoms with Gasteiger partial charge in [-0.25, -0.2) is 4.79 Å². The van der Waals surface area contributed by atoms with Crippen LogP contribution in [0.25, 0.3) is 0 Å². The first-order valence-corrected chi connectivity index (χ1v) is 12.3. The number of aromatic nitrogens is 1. The molecule has 0 aliphatic heterocycles. The average molecular weight is 519 g/mol. The minimum Gasteiger partial charge on any atom is -0.489 e. The lowest BCUT2D eigenvalue weighted by Crippen LogP contribution is -2.30. The number of nitrogens with zero attached hydrogens (tertiary/aromatic N) is 1.